The summed E-state index contributed by atoms with van der Waals surface area (Å²) in [6.45, 7) is 7.47. The number of amides is 1. The molecule has 0 spiro atoms. The summed E-state index contributed by atoms with van der Waals surface area (Å²) >= 11 is 3.58. The molecule has 29 heavy (non-hydrogen) atoms. The average Bonchev–Trinajstić information content (AvgIpc) is 3.07. The number of benzene rings is 1. The molecule has 1 fully saturated rings. The van der Waals surface area contributed by atoms with Gasteiger partial charge in [0.15, 0.2) is 5.67 Å². The first kappa shape index (κ1) is 22.0. The van der Waals surface area contributed by atoms with Gasteiger partial charge >= 0.3 is 0 Å². The topological polar surface area (TPSA) is 43.3 Å². The molecule has 1 amide bonds. The molecular formula is C23H30BrFN2O2. The van der Waals surface area contributed by atoms with Crippen molar-refractivity contribution in [1.82, 2.24) is 9.88 Å². The number of nitrogens with zero attached hydrogens (tertiary/aromatic N) is 1. The van der Waals surface area contributed by atoms with Crippen LogP contribution in [0.1, 0.15) is 49.4 Å². The van der Waals surface area contributed by atoms with Crippen LogP contribution in [-0.4, -0.2) is 35.9 Å². The summed E-state index contributed by atoms with van der Waals surface area (Å²) in [7, 11) is 0. The average molecular weight is 465 g/mol. The first-order valence-corrected chi connectivity index (χ1v) is 11.2. The van der Waals surface area contributed by atoms with Gasteiger partial charge in [0.2, 0.25) is 0 Å². The monoisotopic (exact) mass is 464 g/mol. The highest BCUT2D eigenvalue weighted by atomic mass is 79.9. The molecule has 6 heteroatoms. The fourth-order valence-electron chi connectivity index (χ4n) is 3.82. The molecule has 1 aliphatic rings. The first-order chi connectivity index (χ1) is 14.0. The predicted octanol–water partition coefficient (Wildman–Crippen LogP) is 5.64. The summed E-state index contributed by atoms with van der Waals surface area (Å²) in [6, 6.07) is 5.84. The number of carbonyl (C=O) groups excluding carboxylic acids is 1. The number of hydrogen-bond donors (Lipinski definition) is 1. The molecule has 2 heterocycles. The van der Waals surface area contributed by atoms with Gasteiger partial charge in [-0.15, -0.1) is 6.58 Å². The number of ether oxygens (including phenoxy) is 1. The predicted molar refractivity (Wildman–Crippen MR) is 119 cm³/mol. The Morgan fingerprint density at radius 1 is 1.48 bits per heavy atom. The number of rotatable bonds is 11. The second-order valence-electron chi connectivity index (χ2n) is 8.01. The van der Waals surface area contributed by atoms with Crippen LogP contribution in [0.25, 0.3) is 10.9 Å². The maximum absolute atomic E-state index is 14.4. The SMILES string of the molecule is C=CCC(CCCC)CNC(=O)c1cn(CCC2(F)COC2)c2cccc(Br)c12. The minimum Gasteiger partial charge on any atom is -0.375 e. The minimum absolute atomic E-state index is 0.0897. The molecule has 1 unspecified atom stereocenters. The zero-order valence-electron chi connectivity index (χ0n) is 17.1. The molecular weight excluding hydrogens is 435 g/mol. The van der Waals surface area contributed by atoms with Gasteiger partial charge < -0.3 is 14.6 Å². The molecule has 0 aliphatic carbocycles. The summed E-state index contributed by atoms with van der Waals surface area (Å²) in [5.74, 6) is 0.311. The van der Waals surface area contributed by atoms with Gasteiger partial charge in [-0.05, 0) is 30.9 Å². The molecule has 0 bridgehead atoms. The largest absolute Gasteiger partial charge is 0.375 e. The number of aromatic nitrogens is 1. The van der Waals surface area contributed by atoms with Gasteiger partial charge in [0.25, 0.3) is 5.91 Å². The van der Waals surface area contributed by atoms with Crippen LogP contribution in [0.5, 0.6) is 0 Å². The lowest BCUT2D eigenvalue weighted by molar-refractivity contribution is -0.134. The quantitative estimate of drug-likeness (QED) is 0.436. The Morgan fingerprint density at radius 2 is 2.28 bits per heavy atom. The second-order valence-corrected chi connectivity index (χ2v) is 8.86. The first-order valence-electron chi connectivity index (χ1n) is 10.4. The number of allylic oxidation sites excluding steroid dienone is 1. The van der Waals surface area contributed by atoms with Crippen LogP contribution in [0.15, 0.2) is 41.5 Å². The van der Waals surface area contributed by atoms with Crippen molar-refractivity contribution >= 4 is 32.7 Å². The molecule has 0 saturated carbocycles. The third-order valence-corrected chi connectivity index (χ3v) is 6.30. The minimum atomic E-state index is -1.25. The van der Waals surface area contributed by atoms with Gasteiger partial charge in [-0.1, -0.05) is 47.8 Å². The number of carbonyl (C=O) groups is 1. The summed E-state index contributed by atoms with van der Waals surface area (Å²) < 4.78 is 22.3. The van der Waals surface area contributed by atoms with E-state index in [0.29, 0.717) is 31.0 Å². The van der Waals surface area contributed by atoms with Gasteiger partial charge in [-0.2, -0.15) is 0 Å². The normalized spacial score (nSPS) is 16.4. The van der Waals surface area contributed by atoms with Crippen molar-refractivity contribution in [3.05, 3.63) is 47.1 Å². The smallest absolute Gasteiger partial charge is 0.253 e. The number of hydrogen-bond acceptors (Lipinski definition) is 2. The van der Waals surface area contributed by atoms with Crippen LogP contribution in [-0.2, 0) is 11.3 Å². The van der Waals surface area contributed by atoms with E-state index in [1.807, 2.05) is 35.0 Å². The molecule has 1 atom stereocenters. The number of alkyl halides is 1. The van der Waals surface area contributed by atoms with Gasteiger partial charge in [0.05, 0.1) is 18.8 Å². The number of unbranched alkanes of at least 4 members (excludes halogenated alkanes) is 1. The van der Waals surface area contributed by atoms with Crippen molar-refractivity contribution in [2.75, 3.05) is 19.8 Å². The Bertz CT molecular complexity index is 860. The second kappa shape index (κ2) is 9.90. The van der Waals surface area contributed by atoms with Crippen LogP contribution < -0.4 is 5.32 Å². The van der Waals surface area contributed by atoms with E-state index in [4.69, 9.17) is 4.74 Å². The van der Waals surface area contributed by atoms with Gasteiger partial charge in [0, 0.05) is 41.1 Å². The number of fused-ring (bicyclic) bond motifs is 1. The van der Waals surface area contributed by atoms with Crippen molar-refractivity contribution in [3.8, 4) is 0 Å². The van der Waals surface area contributed by atoms with E-state index in [2.05, 4.69) is 34.7 Å². The van der Waals surface area contributed by atoms with E-state index in [1.54, 1.807) is 0 Å². The Balaban J connectivity index is 1.76. The molecule has 2 aromatic rings. The molecule has 0 radical (unpaired) electrons. The van der Waals surface area contributed by atoms with E-state index in [-0.39, 0.29) is 19.1 Å². The summed E-state index contributed by atoms with van der Waals surface area (Å²) in [4.78, 5) is 13.0. The van der Waals surface area contributed by atoms with Gasteiger partial charge in [-0.3, -0.25) is 4.79 Å². The summed E-state index contributed by atoms with van der Waals surface area (Å²) in [5.41, 5.74) is 0.308. The Kier molecular flexibility index (Phi) is 7.52. The van der Waals surface area contributed by atoms with E-state index >= 15 is 0 Å². The zero-order chi connectivity index (χ0) is 20.9. The van der Waals surface area contributed by atoms with E-state index < -0.39 is 5.67 Å². The van der Waals surface area contributed by atoms with E-state index in [9.17, 15) is 9.18 Å². The molecule has 1 saturated heterocycles. The van der Waals surface area contributed by atoms with Crippen molar-refractivity contribution < 1.29 is 13.9 Å². The van der Waals surface area contributed by atoms with E-state index in [1.165, 1.54) is 0 Å². The highest BCUT2D eigenvalue weighted by Gasteiger charge is 2.38. The highest BCUT2D eigenvalue weighted by Crippen LogP contribution is 2.32. The maximum atomic E-state index is 14.4. The van der Waals surface area contributed by atoms with Gasteiger partial charge in [-0.25, -0.2) is 4.39 Å². The zero-order valence-corrected chi connectivity index (χ0v) is 18.6. The van der Waals surface area contributed by atoms with Crippen molar-refractivity contribution in [2.24, 2.45) is 5.92 Å². The fourth-order valence-corrected chi connectivity index (χ4v) is 4.39. The highest BCUT2D eigenvalue weighted by molar-refractivity contribution is 9.10. The summed E-state index contributed by atoms with van der Waals surface area (Å²) in [5, 5.41) is 3.98. The molecule has 1 aromatic carbocycles. The summed E-state index contributed by atoms with van der Waals surface area (Å²) in [6.07, 6.45) is 8.41. The lowest BCUT2D eigenvalue weighted by Crippen LogP contribution is -2.46. The number of halogens is 2. The van der Waals surface area contributed by atoms with Crippen LogP contribution in [0, 0.1) is 5.92 Å². The Morgan fingerprint density at radius 3 is 2.93 bits per heavy atom. The van der Waals surface area contributed by atoms with Crippen molar-refractivity contribution in [3.63, 3.8) is 0 Å². The third kappa shape index (κ3) is 5.28. The van der Waals surface area contributed by atoms with Crippen molar-refractivity contribution in [2.45, 2.75) is 51.2 Å². The fraction of sp³-hybridized carbons (Fsp3) is 0.522. The number of aryl methyl sites for hydroxylation is 1. The standard InChI is InChI=1S/C23H30BrFN2O2/c1-3-5-8-17(7-4-2)13-26-22(28)18-14-27(12-11-23(25)15-29-16-23)20-10-6-9-19(24)21(18)20/h4,6,9-10,14,17H,2-3,5,7-8,11-13,15-16H2,1H3,(H,26,28). The molecule has 1 aliphatic heterocycles. The molecule has 158 valence electrons. The third-order valence-electron chi connectivity index (χ3n) is 5.64. The van der Waals surface area contributed by atoms with Crippen molar-refractivity contribution in [1.29, 1.82) is 0 Å². The van der Waals surface area contributed by atoms with Gasteiger partial charge in [0.1, 0.15) is 0 Å². The maximum Gasteiger partial charge on any atom is 0.253 e. The van der Waals surface area contributed by atoms with Crippen LogP contribution in [0.2, 0.25) is 0 Å². The lowest BCUT2D eigenvalue weighted by atomic mass is 9.98. The number of nitrogens with one attached hydrogen (secondary N) is 1. The molecule has 3 rings (SSSR count). The Hall–Kier alpha value is -1.66. The van der Waals surface area contributed by atoms with Crippen LogP contribution >= 0.6 is 15.9 Å². The molecule has 1 aromatic heterocycles. The Labute approximate surface area is 180 Å². The van der Waals surface area contributed by atoms with E-state index in [0.717, 1.165) is 41.1 Å². The van der Waals surface area contributed by atoms with Crippen LogP contribution in [0.4, 0.5) is 4.39 Å². The van der Waals surface area contributed by atoms with Crippen LogP contribution in [0.3, 0.4) is 0 Å². The molecule has 1 N–H and O–H groups in total. The molecule has 4 nitrogen and oxygen atoms in total. The lowest BCUT2D eigenvalue weighted by Gasteiger charge is -2.33.